The number of carbonyl (C=O) groups is 5. The molecule has 212 valence electrons. The third-order valence-corrected chi connectivity index (χ3v) is 5.79. The molecule has 1 aromatic heterocycles. The van der Waals surface area contributed by atoms with Gasteiger partial charge in [0.05, 0.1) is 37.9 Å². The van der Waals surface area contributed by atoms with Gasteiger partial charge in [-0.25, -0.2) is 0 Å². The van der Waals surface area contributed by atoms with E-state index in [9.17, 15) is 24.0 Å². The normalized spacial score (nSPS) is 18.0. The Labute approximate surface area is 221 Å². The summed E-state index contributed by atoms with van der Waals surface area (Å²) in [4.78, 5) is 62.5. The fourth-order valence-electron chi connectivity index (χ4n) is 3.73. The lowest BCUT2D eigenvalue weighted by Crippen LogP contribution is -2.53. The zero-order valence-corrected chi connectivity index (χ0v) is 22.6. The Morgan fingerprint density at radius 1 is 0.947 bits per heavy atom. The molecule has 4 amide bonds. The number of ketones is 1. The maximum Gasteiger partial charge on any atom is 0.243 e. The highest BCUT2D eigenvalue weighted by molar-refractivity contribution is 5.97. The maximum atomic E-state index is 12.8. The number of epoxide rings is 1. The summed E-state index contributed by atoms with van der Waals surface area (Å²) < 4.78 is 10.0. The molecule has 13 heteroatoms. The van der Waals surface area contributed by atoms with Crippen LogP contribution in [0.25, 0.3) is 0 Å². The Morgan fingerprint density at radius 2 is 1.50 bits per heavy atom. The number of hydrogen-bond acceptors (Lipinski definition) is 9. The first-order valence-electron chi connectivity index (χ1n) is 12.7. The van der Waals surface area contributed by atoms with Crippen LogP contribution in [0.2, 0.25) is 0 Å². The molecule has 1 aromatic rings. The fourth-order valence-corrected chi connectivity index (χ4v) is 3.73. The van der Waals surface area contributed by atoms with Crippen LogP contribution in [0.3, 0.4) is 0 Å². The van der Waals surface area contributed by atoms with Crippen molar-refractivity contribution in [3.05, 3.63) is 17.5 Å². The van der Waals surface area contributed by atoms with Crippen molar-refractivity contribution in [3.8, 4) is 0 Å². The largest absolute Gasteiger partial charge is 0.388 e. The number of hydrogen-bond donors (Lipinski definition) is 5. The minimum atomic E-state index is -0.929. The molecule has 3 atom stereocenters. The van der Waals surface area contributed by atoms with Crippen LogP contribution in [0.4, 0.5) is 0 Å². The molecular weight excluding hydrogens is 498 g/mol. The quantitative estimate of drug-likeness (QED) is 0.171. The summed E-state index contributed by atoms with van der Waals surface area (Å²) in [5.74, 6) is -1.94. The molecular formula is C25H39N5O8. The number of nitrogens with one attached hydrogen (secondary N) is 4. The number of carbonyl (C=O) groups excluding carboxylic acids is 5. The second-order valence-electron chi connectivity index (χ2n) is 10.5. The van der Waals surface area contributed by atoms with Gasteiger partial charge in [-0.3, -0.25) is 24.0 Å². The Kier molecular flexibility index (Phi) is 11.4. The molecule has 13 nitrogen and oxygen atoms in total. The van der Waals surface area contributed by atoms with E-state index in [0.717, 1.165) is 0 Å². The Bertz CT molecular complexity index is 1000. The van der Waals surface area contributed by atoms with Crippen molar-refractivity contribution in [2.45, 2.75) is 78.2 Å². The summed E-state index contributed by atoms with van der Waals surface area (Å²) in [7, 11) is 0. The number of amides is 4. The van der Waals surface area contributed by atoms with E-state index in [-0.39, 0.29) is 49.5 Å². The second-order valence-corrected chi connectivity index (χ2v) is 10.5. The van der Waals surface area contributed by atoms with Crippen LogP contribution in [0.1, 0.15) is 58.9 Å². The smallest absolute Gasteiger partial charge is 0.243 e. The molecule has 1 aliphatic rings. The standard InChI is InChI=1S/C25H39N5O8/c1-14(2)6-18(23(35)25(5)13-37-25)28-22(34)11-27-24(36)19(7-15(3)4)29-21(33)10-26-20(32)9-16-8-17(12-31)38-30-16/h8,14-15,18-19,31H,6-7,9-13H2,1-5H3,(H,26,32)(H,27,36)(H,28,34)(H,29,33). The first-order chi connectivity index (χ1) is 17.8. The Balaban J connectivity index is 1.84. The molecule has 1 fully saturated rings. The molecule has 0 saturated carbocycles. The molecule has 2 rings (SSSR count). The molecule has 5 N–H and O–H groups in total. The monoisotopic (exact) mass is 537 g/mol. The van der Waals surface area contributed by atoms with Gasteiger partial charge in [0.2, 0.25) is 23.6 Å². The van der Waals surface area contributed by atoms with Crippen molar-refractivity contribution >= 4 is 29.4 Å². The average molecular weight is 538 g/mol. The van der Waals surface area contributed by atoms with Gasteiger partial charge in [-0.2, -0.15) is 0 Å². The first-order valence-corrected chi connectivity index (χ1v) is 12.7. The number of aliphatic hydroxyl groups is 1. The van der Waals surface area contributed by atoms with Gasteiger partial charge in [0.25, 0.3) is 0 Å². The van der Waals surface area contributed by atoms with E-state index in [2.05, 4.69) is 26.4 Å². The van der Waals surface area contributed by atoms with Crippen molar-refractivity contribution in [1.29, 1.82) is 0 Å². The summed E-state index contributed by atoms with van der Waals surface area (Å²) >= 11 is 0. The number of nitrogens with zero attached hydrogens (tertiary/aromatic N) is 1. The van der Waals surface area contributed by atoms with Crippen LogP contribution in [0.15, 0.2) is 10.6 Å². The number of Topliss-reactive ketones (excluding diaryl/α,β-unsaturated/α-hetero) is 1. The summed E-state index contributed by atoms with van der Waals surface area (Å²) in [6.45, 7) is 8.54. The highest BCUT2D eigenvalue weighted by Gasteiger charge is 2.50. The molecule has 1 aliphatic heterocycles. The molecule has 0 spiro atoms. The first kappa shape index (κ1) is 30.9. The van der Waals surface area contributed by atoms with Crippen LogP contribution >= 0.6 is 0 Å². The maximum absolute atomic E-state index is 12.8. The number of aromatic nitrogens is 1. The lowest BCUT2D eigenvalue weighted by Gasteiger charge is -2.22. The zero-order chi connectivity index (χ0) is 28.5. The lowest BCUT2D eigenvalue weighted by atomic mass is 9.93. The third kappa shape index (κ3) is 10.2. The lowest BCUT2D eigenvalue weighted by molar-refractivity contribution is -0.132. The molecule has 3 unspecified atom stereocenters. The Hall–Kier alpha value is -3.32. The van der Waals surface area contributed by atoms with Gasteiger partial charge in [0.1, 0.15) is 18.2 Å². The number of rotatable bonds is 16. The third-order valence-electron chi connectivity index (χ3n) is 5.79. The van der Waals surface area contributed by atoms with Gasteiger partial charge >= 0.3 is 0 Å². The molecule has 1 saturated heterocycles. The van der Waals surface area contributed by atoms with Crippen molar-refractivity contribution in [2.24, 2.45) is 11.8 Å². The van der Waals surface area contributed by atoms with E-state index in [0.29, 0.717) is 25.1 Å². The summed E-state index contributed by atoms with van der Waals surface area (Å²) in [5.41, 5.74) is -0.575. The van der Waals surface area contributed by atoms with E-state index < -0.39 is 41.3 Å². The van der Waals surface area contributed by atoms with Crippen molar-refractivity contribution in [2.75, 3.05) is 19.7 Å². The highest BCUT2D eigenvalue weighted by atomic mass is 16.6. The van der Waals surface area contributed by atoms with Gasteiger partial charge in [-0.15, -0.1) is 0 Å². The summed E-state index contributed by atoms with van der Waals surface area (Å²) in [5, 5.41) is 22.8. The number of ether oxygens (including phenoxy) is 1. The average Bonchev–Trinajstić information content (AvgIpc) is 3.43. The molecule has 2 heterocycles. The second kappa shape index (κ2) is 14.0. The molecule has 0 bridgehead atoms. The topological polar surface area (TPSA) is 192 Å². The van der Waals surface area contributed by atoms with Crippen molar-refractivity contribution in [3.63, 3.8) is 0 Å². The van der Waals surface area contributed by atoms with Crippen LogP contribution in [0, 0.1) is 11.8 Å². The highest BCUT2D eigenvalue weighted by Crippen LogP contribution is 2.29. The van der Waals surface area contributed by atoms with Gasteiger partial charge in [-0.05, 0) is 31.6 Å². The minimum Gasteiger partial charge on any atom is -0.388 e. The van der Waals surface area contributed by atoms with Crippen LogP contribution in [0.5, 0.6) is 0 Å². The van der Waals surface area contributed by atoms with Gasteiger partial charge in [0, 0.05) is 6.07 Å². The van der Waals surface area contributed by atoms with Crippen LogP contribution in [-0.4, -0.2) is 77.1 Å². The predicted molar refractivity (Wildman–Crippen MR) is 134 cm³/mol. The molecule has 0 aliphatic carbocycles. The number of aliphatic hydroxyl groups excluding tert-OH is 1. The molecule has 0 aromatic carbocycles. The fraction of sp³-hybridized carbons (Fsp3) is 0.680. The predicted octanol–water partition coefficient (Wildman–Crippen LogP) is -0.638. The van der Waals surface area contributed by atoms with E-state index >= 15 is 0 Å². The summed E-state index contributed by atoms with van der Waals surface area (Å²) in [6.07, 6.45) is 0.599. The Morgan fingerprint density at radius 3 is 2.03 bits per heavy atom. The van der Waals surface area contributed by atoms with E-state index in [1.165, 1.54) is 6.07 Å². The minimum absolute atomic E-state index is 0.0506. The van der Waals surface area contributed by atoms with E-state index in [4.69, 9.17) is 14.4 Å². The van der Waals surface area contributed by atoms with Gasteiger partial charge in [-0.1, -0.05) is 32.9 Å². The van der Waals surface area contributed by atoms with E-state index in [1.54, 1.807) is 6.92 Å². The van der Waals surface area contributed by atoms with Gasteiger partial charge < -0.3 is 35.6 Å². The van der Waals surface area contributed by atoms with Crippen molar-refractivity contribution < 1.29 is 38.3 Å². The molecule has 38 heavy (non-hydrogen) atoms. The van der Waals surface area contributed by atoms with Gasteiger partial charge in [0.15, 0.2) is 11.5 Å². The SMILES string of the molecule is CC(C)CC(NC(=O)CNC(=O)Cc1cc(CO)on1)C(=O)NCC(=O)NC(CC(C)C)C(=O)C1(C)CO1. The zero-order valence-electron chi connectivity index (χ0n) is 22.6. The van der Waals surface area contributed by atoms with Crippen molar-refractivity contribution in [1.82, 2.24) is 26.4 Å². The van der Waals surface area contributed by atoms with E-state index in [1.807, 2.05) is 27.7 Å². The van der Waals surface area contributed by atoms with Crippen LogP contribution in [-0.2, 0) is 41.7 Å². The molecule has 0 radical (unpaired) electrons. The summed E-state index contributed by atoms with van der Waals surface area (Å²) in [6, 6.07) is -0.226. The van der Waals surface area contributed by atoms with Crippen LogP contribution < -0.4 is 21.3 Å².